The van der Waals surface area contributed by atoms with Crippen molar-refractivity contribution < 1.29 is 9.59 Å². The Morgan fingerprint density at radius 1 is 1.29 bits per heavy atom. The first kappa shape index (κ1) is 16.0. The summed E-state index contributed by atoms with van der Waals surface area (Å²) in [4.78, 5) is 22.3. The molecular formula is C10H23N5O2. The van der Waals surface area contributed by atoms with Crippen LogP contribution < -0.4 is 28.1 Å². The average Bonchev–Trinajstić information content (AvgIpc) is 2.34. The van der Waals surface area contributed by atoms with Gasteiger partial charge in [-0.3, -0.25) is 16.1 Å². The third kappa shape index (κ3) is 7.81. The Balaban J connectivity index is 3.91. The molecule has 2 atom stereocenters. The molecule has 17 heavy (non-hydrogen) atoms. The molecule has 0 aromatic carbocycles. The molecule has 0 aromatic heterocycles. The second kappa shape index (κ2) is 10.2. The Labute approximate surface area is 101 Å². The number of aldehydes is 1. The molecule has 7 heteroatoms. The molecule has 0 saturated heterocycles. The highest BCUT2D eigenvalue weighted by Gasteiger charge is 2.16. The van der Waals surface area contributed by atoms with E-state index < -0.39 is 12.1 Å². The summed E-state index contributed by atoms with van der Waals surface area (Å²) >= 11 is 0. The molecule has 7 nitrogen and oxygen atoms in total. The van der Waals surface area contributed by atoms with E-state index in [-0.39, 0.29) is 5.91 Å². The van der Waals surface area contributed by atoms with Gasteiger partial charge in [0.1, 0.15) is 6.29 Å². The molecule has 0 bridgehead atoms. The summed E-state index contributed by atoms with van der Waals surface area (Å²) in [6.07, 6.45) is 3.18. The number of carbonyl (C=O) groups excluding carboxylic acids is 2. The van der Waals surface area contributed by atoms with Gasteiger partial charge in [0.2, 0.25) is 5.91 Å². The highest BCUT2D eigenvalue weighted by atomic mass is 16.2. The second-order valence-electron chi connectivity index (χ2n) is 3.88. The van der Waals surface area contributed by atoms with Gasteiger partial charge in [-0.25, -0.2) is 0 Å². The largest absolute Gasteiger partial charge is 0.345 e. The van der Waals surface area contributed by atoms with Crippen LogP contribution >= 0.6 is 0 Å². The van der Waals surface area contributed by atoms with E-state index in [0.29, 0.717) is 45.1 Å². The van der Waals surface area contributed by atoms with Gasteiger partial charge in [-0.15, -0.1) is 0 Å². The van der Waals surface area contributed by atoms with Gasteiger partial charge in [-0.05, 0) is 32.2 Å². The lowest BCUT2D eigenvalue weighted by Gasteiger charge is -2.16. The van der Waals surface area contributed by atoms with Crippen molar-refractivity contribution in [1.82, 2.24) is 10.7 Å². The maximum Gasteiger partial charge on any atom is 0.237 e. The molecule has 8 N–H and O–H groups in total. The van der Waals surface area contributed by atoms with Crippen molar-refractivity contribution in [2.75, 3.05) is 13.1 Å². The van der Waals surface area contributed by atoms with Crippen LogP contribution in [0.4, 0.5) is 0 Å². The van der Waals surface area contributed by atoms with Crippen LogP contribution in [0.3, 0.4) is 0 Å². The highest BCUT2D eigenvalue weighted by Crippen LogP contribution is 1.97. The second-order valence-corrected chi connectivity index (χ2v) is 3.88. The Kier molecular flexibility index (Phi) is 9.55. The monoisotopic (exact) mass is 245 g/mol. The number of hydrogen-bond acceptors (Lipinski definition) is 6. The molecule has 0 aliphatic heterocycles. The van der Waals surface area contributed by atoms with Crippen molar-refractivity contribution in [1.29, 1.82) is 0 Å². The van der Waals surface area contributed by atoms with Crippen molar-refractivity contribution in [3.8, 4) is 0 Å². The van der Waals surface area contributed by atoms with Crippen LogP contribution in [0.5, 0.6) is 0 Å². The Hall–Kier alpha value is -1.02. The third-order valence-corrected chi connectivity index (χ3v) is 2.38. The summed E-state index contributed by atoms with van der Waals surface area (Å²) in [7, 11) is 0. The number of nitrogens with one attached hydrogen (secondary N) is 2. The number of nitrogens with two attached hydrogens (primary N) is 3. The third-order valence-electron chi connectivity index (χ3n) is 2.38. The van der Waals surface area contributed by atoms with Crippen LogP contribution in [-0.4, -0.2) is 37.4 Å². The molecule has 100 valence electrons. The predicted molar refractivity (Wildman–Crippen MR) is 65.7 cm³/mol. The molecular weight excluding hydrogens is 222 g/mol. The van der Waals surface area contributed by atoms with Crippen molar-refractivity contribution in [3.05, 3.63) is 0 Å². The minimum atomic E-state index is -0.603. The normalized spacial score (nSPS) is 14.1. The van der Waals surface area contributed by atoms with Crippen LogP contribution in [0, 0.1) is 0 Å². The van der Waals surface area contributed by atoms with E-state index in [9.17, 15) is 9.59 Å². The number of hydrazine groups is 1. The molecule has 0 fully saturated rings. The van der Waals surface area contributed by atoms with Gasteiger partial charge in [0.05, 0.1) is 12.1 Å². The molecule has 0 spiro atoms. The summed E-state index contributed by atoms with van der Waals surface area (Å²) in [5.41, 5.74) is 13.5. The predicted octanol–water partition coefficient (Wildman–Crippen LogP) is -2.02. The summed E-state index contributed by atoms with van der Waals surface area (Å²) in [6.45, 7) is 1.10. The fraction of sp³-hybridized carbons (Fsp3) is 0.800. The first-order valence-electron chi connectivity index (χ1n) is 5.80. The standard InChI is InChI=1S/C10H23N5O2/c11-5-1-4-9(12)10(17)15-8(7-16)3-2-6-14-13/h7-9,14H,1-6,11-13H2,(H,15,17)/t8-,9-/m1/s1. The molecule has 0 aliphatic carbocycles. The van der Waals surface area contributed by atoms with Gasteiger partial charge in [0.25, 0.3) is 0 Å². The van der Waals surface area contributed by atoms with Crippen molar-refractivity contribution in [3.63, 3.8) is 0 Å². The number of carbonyl (C=O) groups is 2. The Morgan fingerprint density at radius 3 is 2.53 bits per heavy atom. The van der Waals surface area contributed by atoms with Crippen molar-refractivity contribution in [2.45, 2.75) is 37.8 Å². The smallest absolute Gasteiger partial charge is 0.237 e. The average molecular weight is 245 g/mol. The van der Waals surface area contributed by atoms with E-state index in [1.165, 1.54) is 0 Å². The van der Waals surface area contributed by atoms with Crippen molar-refractivity contribution in [2.24, 2.45) is 17.3 Å². The van der Waals surface area contributed by atoms with Gasteiger partial charge in [0.15, 0.2) is 0 Å². The molecule has 0 heterocycles. The summed E-state index contributed by atoms with van der Waals surface area (Å²) in [5, 5.41) is 2.59. The van der Waals surface area contributed by atoms with Crippen LogP contribution in [0.25, 0.3) is 0 Å². The van der Waals surface area contributed by atoms with Gasteiger partial charge < -0.3 is 21.6 Å². The van der Waals surface area contributed by atoms with Gasteiger partial charge >= 0.3 is 0 Å². The van der Waals surface area contributed by atoms with Gasteiger partial charge in [0, 0.05) is 6.54 Å². The maximum absolute atomic E-state index is 11.6. The lowest BCUT2D eigenvalue weighted by atomic mass is 10.1. The van der Waals surface area contributed by atoms with E-state index in [1.54, 1.807) is 0 Å². The minimum absolute atomic E-state index is 0.309. The summed E-state index contributed by atoms with van der Waals surface area (Å²) < 4.78 is 0. The van der Waals surface area contributed by atoms with Gasteiger partial charge in [-0.1, -0.05) is 0 Å². The van der Waals surface area contributed by atoms with E-state index >= 15 is 0 Å². The van der Waals surface area contributed by atoms with E-state index in [2.05, 4.69) is 10.7 Å². The number of hydrogen-bond donors (Lipinski definition) is 5. The highest BCUT2D eigenvalue weighted by molar-refractivity contribution is 5.84. The fourth-order valence-corrected chi connectivity index (χ4v) is 1.36. The van der Waals surface area contributed by atoms with Gasteiger partial charge in [-0.2, -0.15) is 0 Å². The number of rotatable bonds is 10. The lowest BCUT2D eigenvalue weighted by Crippen LogP contribution is -2.46. The van der Waals surface area contributed by atoms with Crippen LogP contribution in [0.1, 0.15) is 25.7 Å². The van der Waals surface area contributed by atoms with Crippen LogP contribution in [0.15, 0.2) is 0 Å². The zero-order valence-corrected chi connectivity index (χ0v) is 10.0. The first-order chi connectivity index (χ1) is 8.15. The zero-order chi connectivity index (χ0) is 13.1. The maximum atomic E-state index is 11.6. The van der Waals surface area contributed by atoms with E-state index in [0.717, 1.165) is 0 Å². The summed E-state index contributed by atoms with van der Waals surface area (Å²) in [5.74, 6) is 4.79. The quantitative estimate of drug-likeness (QED) is 0.130. The van der Waals surface area contributed by atoms with E-state index in [4.69, 9.17) is 17.3 Å². The minimum Gasteiger partial charge on any atom is -0.345 e. The van der Waals surface area contributed by atoms with Crippen LogP contribution in [-0.2, 0) is 9.59 Å². The molecule has 0 aliphatic rings. The van der Waals surface area contributed by atoms with E-state index in [1.807, 2.05) is 0 Å². The summed E-state index contributed by atoms with van der Waals surface area (Å²) in [6, 6.07) is -1.10. The molecule has 0 rings (SSSR count). The SMILES string of the molecule is NCCC[C@@H](N)C(=O)N[C@@H](C=O)CCCNN. The Morgan fingerprint density at radius 2 is 2.00 bits per heavy atom. The topological polar surface area (TPSA) is 136 Å². The fourth-order valence-electron chi connectivity index (χ4n) is 1.36. The molecule has 0 saturated carbocycles. The molecule has 0 aromatic rings. The molecule has 0 radical (unpaired) electrons. The Bertz CT molecular complexity index is 225. The lowest BCUT2D eigenvalue weighted by molar-refractivity contribution is -0.125. The molecule has 1 amide bonds. The van der Waals surface area contributed by atoms with Crippen LogP contribution in [0.2, 0.25) is 0 Å². The molecule has 0 unspecified atom stereocenters. The number of amides is 1. The van der Waals surface area contributed by atoms with Crippen molar-refractivity contribution >= 4 is 12.2 Å². The first-order valence-corrected chi connectivity index (χ1v) is 5.80. The zero-order valence-electron chi connectivity index (χ0n) is 10.0.